The molecule has 1 atom stereocenters. The predicted molar refractivity (Wildman–Crippen MR) is 109 cm³/mol. The summed E-state index contributed by atoms with van der Waals surface area (Å²) in [6, 6.07) is 13.1. The van der Waals surface area contributed by atoms with E-state index in [4.69, 9.17) is 5.11 Å². The first kappa shape index (κ1) is 20.4. The Morgan fingerprint density at radius 3 is 2.50 bits per heavy atom. The van der Waals surface area contributed by atoms with E-state index in [9.17, 15) is 13.2 Å². The fraction of sp³-hybridized carbons (Fsp3) is 0.381. The van der Waals surface area contributed by atoms with Gasteiger partial charge in [-0.15, -0.1) is 0 Å². The molecular weight excluding hydrogens is 376 g/mol. The fourth-order valence-electron chi connectivity index (χ4n) is 3.73. The highest BCUT2D eigenvalue weighted by Gasteiger charge is 2.32. The summed E-state index contributed by atoms with van der Waals surface area (Å²) in [6.45, 7) is 7.24. The molecule has 7 heteroatoms. The molecule has 1 unspecified atom stereocenters. The Morgan fingerprint density at radius 2 is 1.86 bits per heavy atom. The van der Waals surface area contributed by atoms with Crippen LogP contribution in [0.5, 0.6) is 0 Å². The van der Waals surface area contributed by atoms with Crippen LogP contribution in [0.2, 0.25) is 0 Å². The van der Waals surface area contributed by atoms with Crippen LogP contribution in [-0.2, 0) is 21.2 Å². The van der Waals surface area contributed by atoms with Crippen LogP contribution in [0.3, 0.4) is 0 Å². The maximum absolute atomic E-state index is 13.2. The van der Waals surface area contributed by atoms with Crippen molar-refractivity contribution < 1.29 is 18.3 Å². The Bertz CT molecular complexity index is 988. The standard InChI is InChI=1S/C21H26N2O4S/c1-15-5-4-6-19(10-15)23-8-7-22(14-17(23)3)28(26,27)20-11-16(2)9-18(12-20)13-21(24)25/h4-6,9-12,17H,7-8,13-14H2,1-3H3,(H,24,25). The number of benzene rings is 2. The van der Waals surface area contributed by atoms with Gasteiger partial charge in [0.15, 0.2) is 0 Å². The molecule has 3 rings (SSSR count). The van der Waals surface area contributed by atoms with Crippen LogP contribution in [0.25, 0.3) is 0 Å². The van der Waals surface area contributed by atoms with Gasteiger partial charge in [0.2, 0.25) is 10.0 Å². The molecule has 0 radical (unpaired) electrons. The molecule has 2 aromatic rings. The van der Waals surface area contributed by atoms with Gasteiger partial charge in [-0.05, 0) is 61.7 Å². The minimum absolute atomic E-state index is 0.0358. The van der Waals surface area contributed by atoms with E-state index in [1.165, 1.54) is 15.9 Å². The fourth-order valence-corrected chi connectivity index (χ4v) is 5.40. The molecule has 1 saturated heterocycles. The van der Waals surface area contributed by atoms with E-state index in [1.807, 2.05) is 32.0 Å². The summed E-state index contributed by atoms with van der Waals surface area (Å²) in [7, 11) is -3.68. The van der Waals surface area contributed by atoms with Gasteiger partial charge in [0.25, 0.3) is 0 Å². The van der Waals surface area contributed by atoms with Crippen molar-refractivity contribution in [2.24, 2.45) is 0 Å². The minimum Gasteiger partial charge on any atom is -0.481 e. The lowest BCUT2D eigenvalue weighted by molar-refractivity contribution is -0.136. The largest absolute Gasteiger partial charge is 0.481 e. The quantitative estimate of drug-likeness (QED) is 0.832. The molecule has 0 aliphatic carbocycles. The number of anilines is 1. The summed E-state index contributed by atoms with van der Waals surface area (Å²) in [5.41, 5.74) is 3.51. The Hall–Kier alpha value is -2.38. The summed E-state index contributed by atoms with van der Waals surface area (Å²) >= 11 is 0. The van der Waals surface area contributed by atoms with E-state index in [1.54, 1.807) is 19.1 Å². The number of rotatable bonds is 5. The topological polar surface area (TPSA) is 77.9 Å². The van der Waals surface area contributed by atoms with E-state index >= 15 is 0 Å². The highest BCUT2D eigenvalue weighted by atomic mass is 32.2. The van der Waals surface area contributed by atoms with Gasteiger partial charge >= 0.3 is 5.97 Å². The highest BCUT2D eigenvalue weighted by Crippen LogP contribution is 2.26. The molecule has 0 amide bonds. The Kier molecular flexibility index (Phi) is 5.76. The van der Waals surface area contributed by atoms with E-state index in [2.05, 4.69) is 11.0 Å². The zero-order valence-electron chi connectivity index (χ0n) is 16.4. The van der Waals surface area contributed by atoms with Crippen LogP contribution < -0.4 is 4.90 Å². The minimum atomic E-state index is -3.68. The number of nitrogens with zero attached hydrogens (tertiary/aromatic N) is 2. The average Bonchev–Trinajstić information content (AvgIpc) is 2.60. The van der Waals surface area contributed by atoms with E-state index in [0.717, 1.165) is 11.3 Å². The van der Waals surface area contributed by atoms with E-state index < -0.39 is 16.0 Å². The zero-order valence-corrected chi connectivity index (χ0v) is 17.2. The third-order valence-electron chi connectivity index (χ3n) is 5.03. The first-order valence-electron chi connectivity index (χ1n) is 9.32. The lowest BCUT2D eigenvalue weighted by Crippen LogP contribution is -2.53. The van der Waals surface area contributed by atoms with Crippen LogP contribution in [-0.4, -0.2) is 49.5 Å². The lowest BCUT2D eigenvalue weighted by atomic mass is 10.1. The number of hydrogen-bond donors (Lipinski definition) is 1. The number of piperazine rings is 1. The highest BCUT2D eigenvalue weighted by molar-refractivity contribution is 7.89. The number of sulfonamides is 1. The second kappa shape index (κ2) is 7.93. The molecule has 0 spiro atoms. The van der Waals surface area contributed by atoms with Crippen molar-refractivity contribution in [2.75, 3.05) is 24.5 Å². The van der Waals surface area contributed by atoms with Crippen molar-refractivity contribution in [2.45, 2.75) is 38.1 Å². The summed E-state index contributed by atoms with van der Waals surface area (Å²) in [4.78, 5) is 13.4. The number of aryl methyl sites for hydroxylation is 2. The van der Waals surface area contributed by atoms with Gasteiger partial charge in [0.1, 0.15) is 0 Å². The van der Waals surface area contributed by atoms with Crippen molar-refractivity contribution in [1.82, 2.24) is 4.31 Å². The third kappa shape index (κ3) is 4.36. The van der Waals surface area contributed by atoms with Gasteiger partial charge in [-0.3, -0.25) is 4.79 Å². The van der Waals surface area contributed by atoms with Crippen molar-refractivity contribution in [1.29, 1.82) is 0 Å². The monoisotopic (exact) mass is 402 g/mol. The molecule has 150 valence electrons. The predicted octanol–water partition coefficient (Wildman–Crippen LogP) is 2.83. The third-order valence-corrected chi connectivity index (χ3v) is 6.87. The van der Waals surface area contributed by atoms with Gasteiger partial charge in [-0.25, -0.2) is 8.42 Å². The lowest BCUT2D eigenvalue weighted by Gasteiger charge is -2.40. The van der Waals surface area contributed by atoms with Crippen molar-refractivity contribution in [3.8, 4) is 0 Å². The van der Waals surface area contributed by atoms with Gasteiger partial charge in [0, 0.05) is 31.4 Å². The molecule has 0 aromatic heterocycles. The molecule has 1 N–H and O–H groups in total. The second-order valence-electron chi connectivity index (χ2n) is 7.47. The van der Waals surface area contributed by atoms with Crippen LogP contribution in [0.1, 0.15) is 23.6 Å². The molecule has 2 aromatic carbocycles. The second-order valence-corrected chi connectivity index (χ2v) is 9.41. The Morgan fingerprint density at radius 1 is 1.11 bits per heavy atom. The average molecular weight is 403 g/mol. The SMILES string of the molecule is Cc1cccc(N2CCN(S(=O)(=O)c3cc(C)cc(CC(=O)O)c3)CC2C)c1. The van der Waals surface area contributed by atoms with Gasteiger partial charge < -0.3 is 10.0 Å². The molecule has 28 heavy (non-hydrogen) atoms. The van der Waals surface area contributed by atoms with Crippen molar-refractivity contribution in [3.05, 3.63) is 59.2 Å². The maximum Gasteiger partial charge on any atom is 0.307 e. The number of hydrogen-bond acceptors (Lipinski definition) is 4. The van der Waals surface area contributed by atoms with Crippen LogP contribution in [0.15, 0.2) is 47.4 Å². The number of carbonyl (C=O) groups is 1. The molecule has 1 heterocycles. The maximum atomic E-state index is 13.2. The van der Waals surface area contributed by atoms with E-state index in [-0.39, 0.29) is 17.4 Å². The molecule has 6 nitrogen and oxygen atoms in total. The molecule has 1 fully saturated rings. The summed E-state index contributed by atoms with van der Waals surface area (Å²) in [5.74, 6) is -0.977. The van der Waals surface area contributed by atoms with Crippen molar-refractivity contribution >= 4 is 21.7 Å². The smallest absolute Gasteiger partial charge is 0.307 e. The molecule has 0 bridgehead atoms. The van der Waals surface area contributed by atoms with Crippen LogP contribution in [0.4, 0.5) is 5.69 Å². The molecule has 0 saturated carbocycles. The number of aliphatic carboxylic acids is 1. The van der Waals surface area contributed by atoms with Gasteiger partial charge in [0.05, 0.1) is 11.3 Å². The molecule has 1 aliphatic heterocycles. The zero-order chi connectivity index (χ0) is 20.5. The van der Waals surface area contributed by atoms with Crippen LogP contribution >= 0.6 is 0 Å². The Labute approximate surface area is 166 Å². The number of carboxylic acid groups (broad SMARTS) is 1. The summed E-state index contributed by atoms with van der Waals surface area (Å²) in [6.07, 6.45) is -0.193. The number of carboxylic acids is 1. The van der Waals surface area contributed by atoms with Crippen molar-refractivity contribution in [3.63, 3.8) is 0 Å². The Balaban J connectivity index is 1.82. The van der Waals surface area contributed by atoms with E-state index in [0.29, 0.717) is 25.2 Å². The first-order valence-corrected chi connectivity index (χ1v) is 10.8. The summed E-state index contributed by atoms with van der Waals surface area (Å²) < 4.78 is 27.9. The summed E-state index contributed by atoms with van der Waals surface area (Å²) in [5, 5.41) is 9.03. The van der Waals surface area contributed by atoms with Gasteiger partial charge in [-0.1, -0.05) is 18.2 Å². The normalized spacial score (nSPS) is 18.2. The molecular formula is C21H26N2O4S. The first-order chi connectivity index (χ1) is 13.2. The molecule has 1 aliphatic rings. The van der Waals surface area contributed by atoms with Crippen LogP contribution in [0, 0.1) is 13.8 Å². The van der Waals surface area contributed by atoms with Gasteiger partial charge in [-0.2, -0.15) is 4.31 Å².